The van der Waals surface area contributed by atoms with Crippen molar-refractivity contribution in [3.8, 4) is 17.1 Å². The van der Waals surface area contributed by atoms with E-state index in [-0.39, 0.29) is 23.0 Å². The molecule has 0 saturated heterocycles. The van der Waals surface area contributed by atoms with Crippen LogP contribution in [0.5, 0.6) is 5.75 Å². The van der Waals surface area contributed by atoms with E-state index in [0.717, 1.165) is 23.3 Å². The van der Waals surface area contributed by atoms with Crippen LogP contribution in [0.1, 0.15) is 53.0 Å². The van der Waals surface area contributed by atoms with Gasteiger partial charge in [-0.3, -0.25) is 18.5 Å². The second-order valence-corrected chi connectivity index (χ2v) is 16.5. The number of imidazole rings is 1. The molecule has 2 aromatic carbocycles. The van der Waals surface area contributed by atoms with E-state index in [9.17, 15) is 9.59 Å². The van der Waals surface area contributed by atoms with Crippen molar-refractivity contribution in [2.75, 3.05) is 0 Å². The molecule has 2 heterocycles. The fraction of sp³-hybridized carbons (Fsp3) is 0.452. The second kappa shape index (κ2) is 12.0. The Morgan fingerprint density at radius 2 is 1.48 bits per heavy atom. The molecule has 0 amide bonds. The van der Waals surface area contributed by atoms with Crippen LogP contribution in [0, 0.1) is 0 Å². The fourth-order valence-corrected chi connectivity index (χ4v) is 5.46. The lowest BCUT2D eigenvalue weighted by Gasteiger charge is -2.36. The molecule has 214 valence electrons. The third-order valence-electron chi connectivity index (χ3n) is 7.63. The normalized spacial score (nSPS) is 12.3. The van der Waals surface area contributed by atoms with Crippen molar-refractivity contribution >= 4 is 19.5 Å². The van der Waals surface area contributed by atoms with Crippen molar-refractivity contribution in [3.63, 3.8) is 0 Å². The Bertz CT molecular complexity index is 1560. The predicted molar refractivity (Wildman–Crippen MR) is 163 cm³/mol. The number of aromatic nitrogens is 4. The molecule has 0 radical (unpaired) electrons. The van der Waals surface area contributed by atoms with Crippen molar-refractivity contribution in [1.29, 1.82) is 0 Å². The van der Waals surface area contributed by atoms with Crippen molar-refractivity contribution < 1.29 is 9.16 Å². The summed E-state index contributed by atoms with van der Waals surface area (Å²) < 4.78 is 17.3. The van der Waals surface area contributed by atoms with Gasteiger partial charge in [0, 0.05) is 18.7 Å². The lowest BCUT2D eigenvalue weighted by atomic mass is 10.2. The summed E-state index contributed by atoms with van der Waals surface area (Å²) in [4.78, 5) is 31.9. The number of rotatable bonds is 11. The first-order valence-electron chi connectivity index (χ1n) is 14.1. The van der Waals surface area contributed by atoms with Gasteiger partial charge < -0.3 is 9.16 Å². The van der Waals surface area contributed by atoms with E-state index in [1.54, 1.807) is 4.57 Å². The Morgan fingerprint density at radius 3 is 2.08 bits per heavy atom. The first kappa shape index (κ1) is 29.5. The largest absolute Gasteiger partial charge is 0.544 e. The predicted octanol–water partition coefficient (Wildman–Crippen LogP) is 6.41. The van der Waals surface area contributed by atoms with Crippen molar-refractivity contribution in [3.05, 3.63) is 81.0 Å². The van der Waals surface area contributed by atoms with Gasteiger partial charge in [-0.1, -0.05) is 65.0 Å². The zero-order valence-electron chi connectivity index (χ0n) is 24.9. The van der Waals surface area contributed by atoms with Crippen molar-refractivity contribution in [2.45, 2.75) is 92.0 Å². The Balaban J connectivity index is 1.83. The zero-order valence-corrected chi connectivity index (χ0v) is 25.9. The quantitative estimate of drug-likeness (QED) is 0.198. The van der Waals surface area contributed by atoms with Gasteiger partial charge in [-0.15, -0.1) is 0 Å². The summed E-state index contributed by atoms with van der Waals surface area (Å²) in [5, 5.41) is 0.0804. The van der Waals surface area contributed by atoms with E-state index < -0.39 is 8.32 Å². The smallest absolute Gasteiger partial charge is 0.332 e. The molecule has 4 rings (SSSR count). The van der Waals surface area contributed by atoms with Gasteiger partial charge in [0.1, 0.15) is 18.3 Å². The number of fused-ring (bicyclic) bond motifs is 1. The number of nitrogens with zero attached hydrogens (tertiary/aromatic N) is 4. The molecule has 0 spiro atoms. The fourth-order valence-electron chi connectivity index (χ4n) is 4.43. The molecule has 8 nitrogen and oxygen atoms in total. The molecular formula is C31H42N4O4Si. The summed E-state index contributed by atoms with van der Waals surface area (Å²) in [6.45, 7) is 16.4. The summed E-state index contributed by atoms with van der Waals surface area (Å²) in [5.41, 5.74) is 1.97. The standard InChI is InChI=1S/C31H42N4O4Si/c1-8-19-33-28-26(29(36)34(20-9-2)30(33)37)35(22-38-21-23-13-11-10-12-14-23)27(32-28)24-15-17-25(18-16-24)39-40(6,7)31(3,4)5/h10-18H,8-9,19-22H2,1-7H3. The molecule has 4 aromatic rings. The SMILES string of the molecule is CCCn1c(=O)c2c(nc(-c3ccc(O[Si](C)(C)C(C)(C)C)cc3)n2COCc2ccccc2)n(CCC)c1=O. The van der Waals surface area contributed by atoms with E-state index in [0.29, 0.717) is 43.1 Å². The van der Waals surface area contributed by atoms with E-state index in [1.807, 2.05) is 73.0 Å². The number of ether oxygens (including phenoxy) is 1. The molecule has 0 atom stereocenters. The van der Waals surface area contributed by atoms with Gasteiger partial charge in [0.2, 0.25) is 8.32 Å². The van der Waals surface area contributed by atoms with Crippen molar-refractivity contribution in [2.24, 2.45) is 0 Å². The Kier molecular flexibility index (Phi) is 8.85. The van der Waals surface area contributed by atoms with Gasteiger partial charge in [0.25, 0.3) is 5.56 Å². The molecule has 0 fully saturated rings. The monoisotopic (exact) mass is 562 g/mol. The highest BCUT2D eigenvalue weighted by atomic mass is 28.4. The van der Waals surface area contributed by atoms with Crippen LogP contribution >= 0.6 is 0 Å². The number of hydrogen-bond donors (Lipinski definition) is 0. The topological polar surface area (TPSA) is 80.3 Å². The molecule has 0 bridgehead atoms. The molecular weight excluding hydrogens is 520 g/mol. The van der Waals surface area contributed by atoms with Gasteiger partial charge in [0.15, 0.2) is 11.2 Å². The van der Waals surface area contributed by atoms with Crippen LogP contribution in [-0.4, -0.2) is 27.0 Å². The van der Waals surface area contributed by atoms with Crippen LogP contribution < -0.4 is 15.7 Å². The van der Waals surface area contributed by atoms with E-state index in [1.165, 1.54) is 4.57 Å². The molecule has 0 aliphatic rings. The molecule has 0 aliphatic heterocycles. The van der Waals surface area contributed by atoms with Gasteiger partial charge >= 0.3 is 5.69 Å². The van der Waals surface area contributed by atoms with E-state index in [2.05, 4.69) is 33.9 Å². The van der Waals surface area contributed by atoms with Gasteiger partial charge in [-0.2, -0.15) is 0 Å². The van der Waals surface area contributed by atoms with E-state index >= 15 is 0 Å². The van der Waals surface area contributed by atoms with Crippen LogP contribution in [0.25, 0.3) is 22.6 Å². The highest BCUT2D eigenvalue weighted by Crippen LogP contribution is 2.37. The van der Waals surface area contributed by atoms with Crippen LogP contribution in [0.4, 0.5) is 0 Å². The maximum Gasteiger partial charge on any atom is 0.332 e. The highest BCUT2D eigenvalue weighted by Gasteiger charge is 2.39. The molecule has 40 heavy (non-hydrogen) atoms. The Morgan fingerprint density at radius 1 is 0.850 bits per heavy atom. The lowest BCUT2D eigenvalue weighted by molar-refractivity contribution is 0.0673. The molecule has 0 aliphatic carbocycles. The maximum absolute atomic E-state index is 13.7. The minimum atomic E-state index is -2.00. The number of benzene rings is 2. The average molecular weight is 563 g/mol. The third kappa shape index (κ3) is 6.00. The maximum atomic E-state index is 13.7. The Hall–Kier alpha value is -3.43. The van der Waals surface area contributed by atoms with E-state index in [4.69, 9.17) is 14.1 Å². The van der Waals surface area contributed by atoms with Gasteiger partial charge in [0.05, 0.1) is 6.61 Å². The highest BCUT2D eigenvalue weighted by molar-refractivity contribution is 6.74. The molecule has 0 saturated carbocycles. The van der Waals surface area contributed by atoms with Gasteiger partial charge in [-0.05, 0) is 60.8 Å². The first-order valence-corrected chi connectivity index (χ1v) is 17.0. The summed E-state index contributed by atoms with van der Waals surface area (Å²) in [5.74, 6) is 1.39. The zero-order chi connectivity index (χ0) is 29.1. The lowest BCUT2D eigenvalue weighted by Crippen LogP contribution is -2.43. The van der Waals surface area contributed by atoms with Crippen LogP contribution in [-0.2, 0) is 31.2 Å². The number of hydrogen-bond acceptors (Lipinski definition) is 5. The van der Waals surface area contributed by atoms with Crippen molar-refractivity contribution in [1.82, 2.24) is 18.7 Å². The summed E-state index contributed by atoms with van der Waals surface area (Å²) in [7, 11) is -2.00. The molecule has 9 heteroatoms. The molecule has 0 unspecified atom stereocenters. The number of aryl methyl sites for hydroxylation is 1. The summed E-state index contributed by atoms with van der Waals surface area (Å²) in [6.07, 6.45) is 1.42. The minimum Gasteiger partial charge on any atom is -0.544 e. The minimum absolute atomic E-state index is 0.0804. The Labute approximate surface area is 237 Å². The van der Waals surface area contributed by atoms with Crippen LogP contribution in [0.2, 0.25) is 18.1 Å². The van der Waals surface area contributed by atoms with Crippen LogP contribution in [0.15, 0.2) is 64.2 Å². The second-order valence-electron chi connectivity index (χ2n) is 11.8. The van der Waals surface area contributed by atoms with Crippen LogP contribution in [0.3, 0.4) is 0 Å². The average Bonchev–Trinajstić information content (AvgIpc) is 3.28. The first-order chi connectivity index (χ1) is 19.0. The molecule has 0 N–H and O–H groups in total. The molecule has 2 aromatic heterocycles. The summed E-state index contributed by atoms with van der Waals surface area (Å²) >= 11 is 0. The third-order valence-corrected chi connectivity index (χ3v) is 12.0. The van der Waals surface area contributed by atoms with Gasteiger partial charge in [-0.25, -0.2) is 9.78 Å². The summed E-state index contributed by atoms with van der Waals surface area (Å²) in [6, 6.07) is 17.7.